The lowest BCUT2D eigenvalue weighted by atomic mass is 9.88. The molecule has 1 aliphatic carbocycles. The van der Waals surface area contributed by atoms with E-state index in [1.54, 1.807) is 18.2 Å². The highest BCUT2D eigenvalue weighted by molar-refractivity contribution is 6.06. The molecular weight excluding hydrogens is 246 g/mol. The Bertz CT molecular complexity index is 518. The molecule has 1 saturated heterocycles. The summed E-state index contributed by atoms with van der Waals surface area (Å²) in [5.74, 6) is -0.771. The summed E-state index contributed by atoms with van der Waals surface area (Å²) in [7, 11) is 0. The van der Waals surface area contributed by atoms with Gasteiger partial charge >= 0.3 is 0 Å². The van der Waals surface area contributed by atoms with Crippen molar-refractivity contribution in [3.8, 4) is 0 Å². The van der Waals surface area contributed by atoms with Crippen LogP contribution in [0.2, 0.25) is 0 Å². The molecular formula is C14H15NO4. The van der Waals surface area contributed by atoms with Gasteiger partial charge in [0.15, 0.2) is 6.10 Å². The van der Waals surface area contributed by atoms with E-state index in [2.05, 4.69) is 11.9 Å². The summed E-state index contributed by atoms with van der Waals surface area (Å²) in [6.07, 6.45) is 7.61. The Balaban J connectivity index is 2.13. The summed E-state index contributed by atoms with van der Waals surface area (Å²) in [6.45, 7) is 5.33. The highest BCUT2D eigenvalue weighted by Gasteiger charge is 2.59. The van der Waals surface area contributed by atoms with Crippen LogP contribution in [0.1, 0.15) is 6.92 Å². The first-order chi connectivity index (χ1) is 9.01. The Morgan fingerprint density at radius 2 is 2.32 bits per heavy atom. The number of rotatable bonds is 4. The van der Waals surface area contributed by atoms with E-state index < -0.39 is 23.7 Å². The topological polar surface area (TPSA) is 78.9 Å². The van der Waals surface area contributed by atoms with Gasteiger partial charge in [0.1, 0.15) is 11.7 Å². The number of allylic oxidation sites excluding steroid dienone is 3. The van der Waals surface area contributed by atoms with E-state index in [1.807, 2.05) is 6.92 Å². The van der Waals surface area contributed by atoms with Crippen molar-refractivity contribution in [3.05, 3.63) is 48.7 Å². The van der Waals surface area contributed by atoms with Gasteiger partial charge in [-0.1, -0.05) is 30.9 Å². The van der Waals surface area contributed by atoms with Crippen molar-refractivity contribution in [2.45, 2.75) is 24.7 Å². The van der Waals surface area contributed by atoms with Crippen LogP contribution in [0.3, 0.4) is 0 Å². The van der Waals surface area contributed by atoms with Crippen molar-refractivity contribution in [1.29, 1.82) is 0 Å². The standard InChI is InChI=1S/C14H15NO4/c1-3-5-6-7-10(16)15-9-8-14(18,4-2)13-12(19-13)11(9)17/h3-8,12-13,18H,2H2,1H3,(H,15,16)/b5-3+,7-6+/t12-,13-,14+/m0/s1. The van der Waals surface area contributed by atoms with Crippen LogP contribution in [0, 0.1) is 0 Å². The second-order valence-corrected chi connectivity index (χ2v) is 4.37. The van der Waals surface area contributed by atoms with Crippen LogP contribution in [0.5, 0.6) is 0 Å². The smallest absolute Gasteiger partial charge is 0.248 e. The Labute approximate surface area is 110 Å². The van der Waals surface area contributed by atoms with Gasteiger partial charge < -0.3 is 15.2 Å². The number of amides is 1. The highest BCUT2D eigenvalue weighted by atomic mass is 16.6. The first-order valence-electron chi connectivity index (χ1n) is 5.90. The number of carbonyl (C=O) groups is 2. The van der Waals surface area contributed by atoms with Crippen LogP contribution in [0.4, 0.5) is 0 Å². The molecule has 0 aromatic heterocycles. The number of nitrogens with one attached hydrogen (secondary N) is 1. The van der Waals surface area contributed by atoms with Crippen molar-refractivity contribution in [1.82, 2.24) is 5.32 Å². The molecule has 5 heteroatoms. The number of epoxide rings is 1. The van der Waals surface area contributed by atoms with Gasteiger partial charge in [-0.15, -0.1) is 0 Å². The van der Waals surface area contributed by atoms with E-state index in [0.717, 1.165) is 0 Å². The summed E-state index contributed by atoms with van der Waals surface area (Å²) in [5, 5.41) is 12.6. The van der Waals surface area contributed by atoms with E-state index >= 15 is 0 Å². The minimum Gasteiger partial charge on any atom is -0.379 e. The van der Waals surface area contributed by atoms with E-state index in [9.17, 15) is 14.7 Å². The van der Waals surface area contributed by atoms with Crippen molar-refractivity contribution in [2.75, 3.05) is 0 Å². The molecule has 0 saturated carbocycles. The number of Topliss-reactive ketones (excluding diaryl/α,β-unsaturated/α-hetero) is 1. The molecule has 19 heavy (non-hydrogen) atoms. The fourth-order valence-electron chi connectivity index (χ4n) is 1.90. The molecule has 2 rings (SSSR count). The molecule has 1 aliphatic heterocycles. The monoisotopic (exact) mass is 261 g/mol. The first-order valence-corrected chi connectivity index (χ1v) is 5.90. The second-order valence-electron chi connectivity index (χ2n) is 4.37. The Morgan fingerprint density at radius 3 is 2.95 bits per heavy atom. The van der Waals surface area contributed by atoms with Gasteiger partial charge in [0.25, 0.3) is 0 Å². The molecule has 0 unspecified atom stereocenters. The molecule has 0 bridgehead atoms. The molecule has 2 N–H and O–H groups in total. The van der Waals surface area contributed by atoms with Crippen molar-refractivity contribution < 1.29 is 19.4 Å². The molecule has 5 nitrogen and oxygen atoms in total. The molecule has 1 fully saturated rings. The van der Waals surface area contributed by atoms with Gasteiger partial charge in [-0.3, -0.25) is 9.59 Å². The van der Waals surface area contributed by atoms with Crippen molar-refractivity contribution >= 4 is 11.7 Å². The van der Waals surface area contributed by atoms with E-state index in [4.69, 9.17) is 4.74 Å². The third-order valence-electron chi connectivity index (χ3n) is 2.98. The maximum absolute atomic E-state index is 11.8. The third kappa shape index (κ3) is 2.57. The molecule has 1 heterocycles. The van der Waals surface area contributed by atoms with Crippen LogP contribution in [-0.4, -0.2) is 34.6 Å². The summed E-state index contributed by atoms with van der Waals surface area (Å²) in [6, 6.07) is 0. The summed E-state index contributed by atoms with van der Waals surface area (Å²) in [5.41, 5.74) is -1.37. The molecule has 100 valence electrons. The lowest BCUT2D eigenvalue weighted by Gasteiger charge is -2.22. The summed E-state index contributed by atoms with van der Waals surface area (Å²) < 4.78 is 5.10. The van der Waals surface area contributed by atoms with E-state index in [0.29, 0.717) is 0 Å². The van der Waals surface area contributed by atoms with Gasteiger partial charge in [0.05, 0.1) is 5.70 Å². The molecule has 0 radical (unpaired) electrons. The predicted octanol–water partition coefficient (Wildman–Crippen LogP) is 0.386. The van der Waals surface area contributed by atoms with Gasteiger partial charge in [-0.2, -0.15) is 0 Å². The van der Waals surface area contributed by atoms with Crippen LogP contribution in [0.15, 0.2) is 48.7 Å². The number of hydrogen-bond donors (Lipinski definition) is 2. The molecule has 1 amide bonds. The lowest BCUT2D eigenvalue weighted by Crippen LogP contribution is -2.42. The average Bonchev–Trinajstić information content (AvgIpc) is 3.17. The zero-order valence-corrected chi connectivity index (χ0v) is 10.5. The average molecular weight is 261 g/mol. The van der Waals surface area contributed by atoms with Gasteiger partial charge in [-0.25, -0.2) is 0 Å². The number of ketones is 1. The normalized spacial score (nSPS) is 33.2. The molecule has 0 aromatic carbocycles. The quantitative estimate of drug-likeness (QED) is 0.332. The first kappa shape index (κ1) is 13.5. The number of hydrogen-bond acceptors (Lipinski definition) is 4. The zero-order chi connectivity index (χ0) is 14.0. The molecule has 0 spiro atoms. The SMILES string of the molecule is C=C[C@@]1(O)C=C(NC(=O)/C=C/C=C/C)C(=O)[C@@H]2O[C@@H]21. The van der Waals surface area contributed by atoms with Crippen molar-refractivity contribution in [2.24, 2.45) is 0 Å². The van der Waals surface area contributed by atoms with E-state index in [1.165, 1.54) is 18.2 Å². The number of ether oxygens (including phenoxy) is 1. The molecule has 0 aromatic rings. The number of fused-ring (bicyclic) bond motifs is 1. The van der Waals surface area contributed by atoms with Crippen LogP contribution >= 0.6 is 0 Å². The van der Waals surface area contributed by atoms with Gasteiger partial charge in [0, 0.05) is 6.08 Å². The Morgan fingerprint density at radius 1 is 1.58 bits per heavy atom. The Hall–Kier alpha value is -1.98. The fourth-order valence-corrected chi connectivity index (χ4v) is 1.90. The van der Waals surface area contributed by atoms with Crippen molar-refractivity contribution in [3.63, 3.8) is 0 Å². The maximum Gasteiger partial charge on any atom is 0.248 e. The van der Waals surface area contributed by atoms with Crippen LogP contribution in [0.25, 0.3) is 0 Å². The Kier molecular flexibility index (Phi) is 3.50. The minimum absolute atomic E-state index is 0.0382. The molecule has 3 atom stereocenters. The fraction of sp³-hybridized carbons (Fsp3) is 0.286. The second kappa shape index (κ2) is 4.95. The van der Waals surface area contributed by atoms with Gasteiger partial charge in [-0.05, 0) is 13.0 Å². The van der Waals surface area contributed by atoms with E-state index in [-0.39, 0.29) is 11.5 Å². The minimum atomic E-state index is -1.41. The predicted molar refractivity (Wildman–Crippen MR) is 69.0 cm³/mol. The maximum atomic E-state index is 11.8. The number of aliphatic hydroxyl groups is 1. The largest absolute Gasteiger partial charge is 0.379 e. The third-order valence-corrected chi connectivity index (χ3v) is 2.98. The summed E-state index contributed by atoms with van der Waals surface area (Å²) >= 11 is 0. The highest BCUT2D eigenvalue weighted by Crippen LogP contribution is 2.40. The van der Waals surface area contributed by atoms with Gasteiger partial charge in [0.2, 0.25) is 11.7 Å². The molecule has 2 aliphatic rings. The van der Waals surface area contributed by atoms with Crippen LogP contribution < -0.4 is 5.32 Å². The van der Waals surface area contributed by atoms with Crippen LogP contribution in [-0.2, 0) is 14.3 Å². The zero-order valence-electron chi connectivity index (χ0n) is 10.5. The lowest BCUT2D eigenvalue weighted by molar-refractivity contribution is -0.121. The number of carbonyl (C=O) groups excluding carboxylic acids is 2. The summed E-state index contributed by atoms with van der Waals surface area (Å²) in [4.78, 5) is 23.4.